The van der Waals surface area contributed by atoms with Crippen LogP contribution in [0.25, 0.3) is 0 Å². The molecule has 18 heavy (non-hydrogen) atoms. The van der Waals surface area contributed by atoms with Gasteiger partial charge < -0.3 is 5.32 Å². The monoisotopic (exact) mass is 243 g/mol. The Morgan fingerprint density at radius 2 is 2.06 bits per heavy atom. The van der Waals surface area contributed by atoms with Crippen molar-refractivity contribution in [2.45, 2.75) is 52.0 Å². The minimum absolute atomic E-state index is 0.448. The molecule has 1 nitrogen and oxygen atoms in total. The lowest BCUT2D eigenvalue weighted by atomic mass is 9.92. The zero-order valence-corrected chi connectivity index (χ0v) is 11.7. The fourth-order valence-corrected chi connectivity index (χ4v) is 2.83. The smallest absolute Gasteiger partial charge is 0.0538 e. The Kier molecular flexibility index (Phi) is 5.00. The van der Waals surface area contributed by atoms with Crippen LogP contribution in [0.4, 0.5) is 0 Å². The Balaban J connectivity index is 2.26. The molecular formula is C17H25N. The summed E-state index contributed by atoms with van der Waals surface area (Å²) in [6.07, 6.45) is 8.60. The molecule has 1 unspecified atom stereocenters. The molecule has 0 aliphatic heterocycles. The summed E-state index contributed by atoms with van der Waals surface area (Å²) in [6, 6.07) is 9.34. The molecule has 0 saturated heterocycles. The van der Waals surface area contributed by atoms with Crippen LogP contribution in [-0.2, 0) is 6.42 Å². The highest BCUT2D eigenvalue weighted by Gasteiger charge is 2.20. The highest BCUT2D eigenvalue weighted by atomic mass is 14.9. The van der Waals surface area contributed by atoms with Gasteiger partial charge in [0.05, 0.1) is 6.04 Å². The Morgan fingerprint density at radius 1 is 1.22 bits per heavy atom. The molecule has 1 aromatic carbocycles. The Labute approximate surface area is 111 Å². The molecular weight excluding hydrogens is 218 g/mol. The molecule has 0 saturated carbocycles. The first kappa shape index (κ1) is 13.4. The Hall–Kier alpha value is -1.08. The van der Waals surface area contributed by atoms with E-state index in [0.29, 0.717) is 6.04 Å². The Bertz CT molecular complexity index is 406. The van der Waals surface area contributed by atoms with Crippen molar-refractivity contribution in [1.82, 2.24) is 5.32 Å². The van der Waals surface area contributed by atoms with E-state index in [-0.39, 0.29) is 0 Å². The molecule has 0 radical (unpaired) electrons. The van der Waals surface area contributed by atoms with Gasteiger partial charge in [-0.2, -0.15) is 0 Å². The topological polar surface area (TPSA) is 12.0 Å². The summed E-state index contributed by atoms with van der Waals surface area (Å²) >= 11 is 0. The normalized spacial score (nSPS) is 16.7. The second-order valence-electron chi connectivity index (χ2n) is 5.11. The van der Waals surface area contributed by atoms with Gasteiger partial charge in [-0.25, -0.2) is 0 Å². The first-order valence-electron chi connectivity index (χ1n) is 7.37. The maximum atomic E-state index is 3.73. The minimum Gasteiger partial charge on any atom is -0.307 e. The van der Waals surface area contributed by atoms with E-state index in [2.05, 4.69) is 49.5 Å². The first-order chi connectivity index (χ1) is 8.86. The standard InChI is InChI=1S/C17H25N/c1-3-13-18-17(15-10-5-6-11-15)16-12-8-7-9-14(16)4-2/h7-10,12,17-18H,3-6,11,13H2,1-2H3. The van der Waals surface area contributed by atoms with Crippen molar-refractivity contribution >= 4 is 0 Å². The molecule has 1 atom stereocenters. The van der Waals surface area contributed by atoms with Crippen molar-refractivity contribution in [2.24, 2.45) is 0 Å². The van der Waals surface area contributed by atoms with Crippen LogP contribution in [0.3, 0.4) is 0 Å². The van der Waals surface area contributed by atoms with Gasteiger partial charge >= 0.3 is 0 Å². The third kappa shape index (κ3) is 3.02. The van der Waals surface area contributed by atoms with Crippen molar-refractivity contribution in [2.75, 3.05) is 6.54 Å². The SMILES string of the molecule is CCCNC(C1=CCCC1)c1ccccc1CC. The second-order valence-corrected chi connectivity index (χ2v) is 5.11. The van der Waals surface area contributed by atoms with Crippen molar-refractivity contribution < 1.29 is 0 Å². The molecule has 0 aromatic heterocycles. The molecule has 0 amide bonds. The highest BCUT2D eigenvalue weighted by Crippen LogP contribution is 2.32. The number of hydrogen-bond donors (Lipinski definition) is 1. The zero-order valence-electron chi connectivity index (χ0n) is 11.7. The average Bonchev–Trinajstić information content (AvgIpc) is 2.94. The van der Waals surface area contributed by atoms with E-state index in [0.717, 1.165) is 13.0 Å². The molecule has 0 bridgehead atoms. The predicted octanol–water partition coefficient (Wildman–Crippen LogP) is 4.40. The van der Waals surface area contributed by atoms with Crippen LogP contribution in [-0.4, -0.2) is 6.54 Å². The summed E-state index contributed by atoms with van der Waals surface area (Å²) in [5, 5.41) is 3.73. The van der Waals surface area contributed by atoms with Gasteiger partial charge in [0.15, 0.2) is 0 Å². The van der Waals surface area contributed by atoms with E-state index in [1.807, 2.05) is 0 Å². The van der Waals surface area contributed by atoms with Crippen LogP contribution in [0.5, 0.6) is 0 Å². The fourth-order valence-electron chi connectivity index (χ4n) is 2.83. The fraction of sp³-hybridized carbons (Fsp3) is 0.529. The number of hydrogen-bond acceptors (Lipinski definition) is 1. The number of allylic oxidation sites excluding steroid dienone is 1. The van der Waals surface area contributed by atoms with Crippen LogP contribution in [0.15, 0.2) is 35.9 Å². The van der Waals surface area contributed by atoms with E-state index < -0.39 is 0 Å². The maximum Gasteiger partial charge on any atom is 0.0538 e. The molecule has 98 valence electrons. The van der Waals surface area contributed by atoms with E-state index >= 15 is 0 Å². The average molecular weight is 243 g/mol. The number of rotatable bonds is 6. The van der Waals surface area contributed by atoms with Gasteiger partial charge in [-0.3, -0.25) is 0 Å². The predicted molar refractivity (Wildman–Crippen MR) is 78.8 cm³/mol. The summed E-state index contributed by atoms with van der Waals surface area (Å²) in [5.74, 6) is 0. The molecule has 0 fully saturated rings. The van der Waals surface area contributed by atoms with Gasteiger partial charge in [-0.15, -0.1) is 0 Å². The molecule has 1 aromatic rings. The van der Waals surface area contributed by atoms with Crippen molar-refractivity contribution in [1.29, 1.82) is 0 Å². The summed E-state index contributed by atoms with van der Waals surface area (Å²) in [7, 11) is 0. The van der Waals surface area contributed by atoms with E-state index in [1.165, 1.54) is 36.8 Å². The molecule has 2 rings (SSSR count). The van der Waals surface area contributed by atoms with Crippen LogP contribution in [0.1, 0.15) is 56.7 Å². The van der Waals surface area contributed by atoms with Crippen LogP contribution in [0, 0.1) is 0 Å². The van der Waals surface area contributed by atoms with Gasteiger partial charge in [0.2, 0.25) is 0 Å². The number of benzene rings is 1. The third-order valence-electron chi connectivity index (χ3n) is 3.79. The lowest BCUT2D eigenvalue weighted by Crippen LogP contribution is -2.24. The molecule has 1 aliphatic rings. The molecule has 1 N–H and O–H groups in total. The number of aryl methyl sites for hydroxylation is 1. The van der Waals surface area contributed by atoms with Crippen molar-refractivity contribution in [3.05, 3.63) is 47.0 Å². The Morgan fingerprint density at radius 3 is 2.72 bits per heavy atom. The third-order valence-corrected chi connectivity index (χ3v) is 3.79. The summed E-state index contributed by atoms with van der Waals surface area (Å²) < 4.78 is 0. The molecule has 1 heteroatoms. The van der Waals surface area contributed by atoms with Gasteiger partial charge in [-0.1, -0.05) is 49.8 Å². The molecule has 0 spiro atoms. The van der Waals surface area contributed by atoms with Crippen molar-refractivity contribution in [3.63, 3.8) is 0 Å². The van der Waals surface area contributed by atoms with Crippen LogP contribution in [0.2, 0.25) is 0 Å². The summed E-state index contributed by atoms with van der Waals surface area (Å²) in [6.45, 7) is 5.58. The summed E-state index contributed by atoms with van der Waals surface area (Å²) in [5.41, 5.74) is 4.57. The van der Waals surface area contributed by atoms with Gasteiger partial charge in [0, 0.05) is 0 Å². The quantitative estimate of drug-likeness (QED) is 0.730. The lowest BCUT2D eigenvalue weighted by Gasteiger charge is -2.23. The molecule has 0 heterocycles. The van der Waals surface area contributed by atoms with Gasteiger partial charge in [0.1, 0.15) is 0 Å². The van der Waals surface area contributed by atoms with Gasteiger partial charge in [-0.05, 0) is 49.8 Å². The van der Waals surface area contributed by atoms with E-state index in [9.17, 15) is 0 Å². The zero-order chi connectivity index (χ0) is 12.8. The maximum absolute atomic E-state index is 3.73. The van der Waals surface area contributed by atoms with Crippen LogP contribution < -0.4 is 5.32 Å². The molecule has 1 aliphatic carbocycles. The number of nitrogens with one attached hydrogen (secondary N) is 1. The minimum atomic E-state index is 0.448. The summed E-state index contributed by atoms with van der Waals surface area (Å²) in [4.78, 5) is 0. The van der Waals surface area contributed by atoms with Crippen molar-refractivity contribution in [3.8, 4) is 0 Å². The first-order valence-corrected chi connectivity index (χ1v) is 7.37. The lowest BCUT2D eigenvalue weighted by molar-refractivity contribution is 0.575. The van der Waals surface area contributed by atoms with E-state index in [4.69, 9.17) is 0 Å². The largest absolute Gasteiger partial charge is 0.307 e. The van der Waals surface area contributed by atoms with Crippen LogP contribution >= 0.6 is 0 Å². The van der Waals surface area contributed by atoms with E-state index in [1.54, 1.807) is 5.57 Å². The highest BCUT2D eigenvalue weighted by molar-refractivity contribution is 5.36. The second kappa shape index (κ2) is 6.75. The van der Waals surface area contributed by atoms with Gasteiger partial charge in [0.25, 0.3) is 0 Å².